The maximum atomic E-state index is 12.7. The second kappa shape index (κ2) is 9.42. The highest BCUT2D eigenvalue weighted by molar-refractivity contribution is 6.32. The second-order valence-corrected chi connectivity index (χ2v) is 7.09. The number of aromatic amines is 1. The Morgan fingerprint density at radius 2 is 2.00 bits per heavy atom. The van der Waals surface area contributed by atoms with Crippen LogP contribution in [0.5, 0.6) is 0 Å². The van der Waals surface area contributed by atoms with Crippen molar-refractivity contribution >= 4 is 29.2 Å². The first-order chi connectivity index (χ1) is 13.1. The second-order valence-electron chi connectivity index (χ2n) is 6.68. The number of amides is 2. The fraction of sp³-hybridized carbons (Fsp3) is 0.588. The van der Waals surface area contributed by atoms with Gasteiger partial charge in [0.15, 0.2) is 6.54 Å². The summed E-state index contributed by atoms with van der Waals surface area (Å²) in [4.78, 5) is 29.3. The van der Waals surface area contributed by atoms with Crippen molar-refractivity contribution in [2.75, 3.05) is 44.2 Å². The van der Waals surface area contributed by atoms with Crippen molar-refractivity contribution in [3.05, 3.63) is 22.8 Å². The fourth-order valence-electron chi connectivity index (χ4n) is 3.00. The van der Waals surface area contributed by atoms with Crippen LogP contribution in [0.25, 0.3) is 0 Å². The summed E-state index contributed by atoms with van der Waals surface area (Å²) in [6.07, 6.45) is -3.56. The summed E-state index contributed by atoms with van der Waals surface area (Å²) in [5, 5.41) is 5.31. The van der Waals surface area contributed by atoms with Gasteiger partial charge in [-0.15, -0.1) is 0 Å². The maximum Gasteiger partial charge on any atom is 0.419 e. The number of nitrogens with one attached hydrogen (secondary N) is 4. The monoisotopic (exact) mass is 423 g/mol. The molecule has 1 aliphatic rings. The first-order valence-corrected chi connectivity index (χ1v) is 9.43. The van der Waals surface area contributed by atoms with Crippen LogP contribution in [0.15, 0.2) is 12.3 Å². The Bertz CT molecular complexity index is 709. The summed E-state index contributed by atoms with van der Waals surface area (Å²) < 4.78 is 38.2. The van der Waals surface area contributed by atoms with Gasteiger partial charge in [0.25, 0.3) is 11.7 Å². The maximum absolute atomic E-state index is 12.7. The molecule has 0 unspecified atom stereocenters. The lowest BCUT2D eigenvalue weighted by molar-refractivity contribution is -0.892. The van der Waals surface area contributed by atoms with Crippen molar-refractivity contribution in [1.82, 2.24) is 10.6 Å². The molecule has 11 heteroatoms. The number of carbonyl (C=O) groups excluding carboxylic acids is 2. The zero-order valence-electron chi connectivity index (χ0n) is 15.8. The zero-order chi connectivity index (χ0) is 20.9. The highest BCUT2D eigenvalue weighted by atomic mass is 35.5. The number of rotatable bonds is 6. The quantitative estimate of drug-likeness (QED) is 0.578. The van der Waals surface area contributed by atoms with Crippen LogP contribution in [0.1, 0.15) is 19.4 Å². The van der Waals surface area contributed by atoms with E-state index in [1.807, 2.05) is 4.90 Å². The first-order valence-electron chi connectivity index (χ1n) is 9.05. The number of quaternary nitrogens is 1. The van der Waals surface area contributed by atoms with Gasteiger partial charge in [-0.2, -0.15) is 13.2 Å². The van der Waals surface area contributed by atoms with Crippen LogP contribution >= 0.6 is 11.6 Å². The number of pyridine rings is 1. The Labute approximate surface area is 166 Å². The van der Waals surface area contributed by atoms with Crippen LogP contribution in [0.2, 0.25) is 5.02 Å². The number of hydrogen-bond acceptors (Lipinski definition) is 3. The Hall–Kier alpha value is -2.07. The van der Waals surface area contributed by atoms with Gasteiger partial charge < -0.3 is 15.5 Å². The van der Waals surface area contributed by atoms with Gasteiger partial charge in [-0.3, -0.25) is 9.59 Å². The van der Waals surface area contributed by atoms with Gasteiger partial charge >= 0.3 is 6.18 Å². The highest BCUT2D eigenvalue weighted by Gasteiger charge is 2.35. The van der Waals surface area contributed by atoms with Gasteiger partial charge in [0.05, 0.1) is 5.56 Å². The predicted octanol–water partition coefficient (Wildman–Crippen LogP) is -0.481. The topological polar surface area (TPSA) is 80.0 Å². The van der Waals surface area contributed by atoms with Gasteiger partial charge in [0, 0.05) is 6.54 Å². The van der Waals surface area contributed by atoms with E-state index in [-0.39, 0.29) is 23.4 Å². The minimum Gasteiger partial charge on any atom is -0.355 e. The van der Waals surface area contributed by atoms with Crippen molar-refractivity contribution in [2.45, 2.75) is 26.1 Å². The standard InChI is InChI=1S/C17H23ClF3N5O2/c1-3-22-16(28)11(2)24-14(27)10-25-4-6-26(7-5-25)15-13(18)8-12(9-23-15)17(19,20)21/h8-9,11H,3-7,10H2,1-2H3,(H,22,28)(H,24,27)/p+2/t11-/m0/s1. The van der Waals surface area contributed by atoms with Crippen LogP contribution in [0.4, 0.5) is 19.0 Å². The molecule has 7 nitrogen and oxygen atoms in total. The van der Waals surface area contributed by atoms with Gasteiger partial charge in [-0.05, 0) is 19.9 Å². The van der Waals surface area contributed by atoms with Crippen LogP contribution < -0.4 is 25.4 Å². The van der Waals surface area contributed by atoms with E-state index in [0.717, 1.165) is 17.2 Å². The first kappa shape index (κ1) is 22.2. The number of piperazine rings is 1. The predicted molar refractivity (Wildman–Crippen MR) is 97.1 cm³/mol. The van der Waals surface area contributed by atoms with E-state index >= 15 is 0 Å². The number of likely N-dealkylation sites (N-methyl/N-ethyl adjacent to an activating group) is 1. The number of hydrogen-bond donors (Lipinski definition) is 3. The van der Waals surface area contributed by atoms with E-state index in [9.17, 15) is 22.8 Å². The van der Waals surface area contributed by atoms with E-state index in [1.54, 1.807) is 13.8 Å². The highest BCUT2D eigenvalue weighted by Crippen LogP contribution is 2.31. The molecule has 2 heterocycles. The summed E-state index contributed by atoms with van der Waals surface area (Å²) in [5.41, 5.74) is -0.830. The van der Waals surface area contributed by atoms with E-state index in [4.69, 9.17) is 11.6 Å². The number of aromatic nitrogens is 1. The number of nitrogens with zero attached hydrogens (tertiary/aromatic N) is 1. The van der Waals surface area contributed by atoms with Crippen molar-refractivity contribution in [3.8, 4) is 0 Å². The molecule has 2 rings (SSSR count). The third kappa shape index (κ3) is 5.96. The smallest absolute Gasteiger partial charge is 0.355 e. The van der Waals surface area contributed by atoms with E-state index in [1.165, 1.54) is 0 Å². The summed E-state index contributed by atoms with van der Waals surface area (Å²) in [7, 11) is 0. The minimum absolute atomic E-state index is 0.00628. The summed E-state index contributed by atoms with van der Waals surface area (Å²) >= 11 is 6.02. The molecule has 28 heavy (non-hydrogen) atoms. The van der Waals surface area contributed by atoms with Crippen LogP contribution in [0.3, 0.4) is 0 Å². The normalized spacial score (nSPS) is 16.6. The third-order valence-corrected chi connectivity index (χ3v) is 4.81. The zero-order valence-corrected chi connectivity index (χ0v) is 16.5. The van der Waals surface area contributed by atoms with Gasteiger partial charge in [-0.25, -0.2) is 9.88 Å². The van der Waals surface area contributed by atoms with Crippen molar-refractivity contribution < 1.29 is 32.6 Å². The molecule has 1 aliphatic heterocycles. The molecule has 1 atom stereocenters. The molecular formula is C17H25ClF3N5O2+2. The van der Waals surface area contributed by atoms with E-state index in [0.29, 0.717) is 38.5 Å². The molecule has 0 spiro atoms. The molecule has 1 aromatic heterocycles. The summed E-state index contributed by atoms with van der Waals surface area (Å²) in [6, 6.07) is 0.302. The van der Waals surface area contributed by atoms with Crippen LogP contribution in [-0.4, -0.2) is 57.1 Å². The molecule has 1 saturated heterocycles. The Morgan fingerprint density at radius 1 is 1.36 bits per heavy atom. The average Bonchev–Trinajstić information content (AvgIpc) is 2.61. The number of alkyl halides is 3. The van der Waals surface area contributed by atoms with Gasteiger partial charge in [0.2, 0.25) is 5.91 Å². The van der Waals surface area contributed by atoms with E-state index < -0.39 is 17.8 Å². The number of carbonyl (C=O) groups is 2. The minimum atomic E-state index is -4.46. The lowest BCUT2D eigenvalue weighted by Gasteiger charge is -2.28. The van der Waals surface area contributed by atoms with Crippen molar-refractivity contribution in [1.29, 1.82) is 0 Å². The Balaban J connectivity index is 1.86. The van der Waals surface area contributed by atoms with Crippen molar-refractivity contribution in [3.63, 3.8) is 0 Å². The summed E-state index contributed by atoms with van der Waals surface area (Å²) in [6.45, 7) is 6.46. The fourth-order valence-corrected chi connectivity index (χ4v) is 3.30. The molecule has 0 saturated carbocycles. The van der Waals surface area contributed by atoms with Gasteiger partial charge in [0.1, 0.15) is 43.4 Å². The van der Waals surface area contributed by atoms with Crippen LogP contribution in [-0.2, 0) is 15.8 Å². The molecule has 0 radical (unpaired) electrons. The molecule has 4 N–H and O–H groups in total. The van der Waals surface area contributed by atoms with E-state index in [2.05, 4.69) is 15.6 Å². The molecule has 0 aromatic carbocycles. The number of H-pyrrole nitrogens is 1. The Kier molecular flexibility index (Phi) is 7.48. The third-order valence-electron chi connectivity index (χ3n) is 4.52. The SMILES string of the molecule is CCNC(=O)[C@H](C)NC(=O)C[NH+]1CCN(c2[nH+]cc(C(F)(F)F)cc2Cl)CC1. The average molecular weight is 424 g/mol. The number of anilines is 1. The molecule has 0 aliphatic carbocycles. The summed E-state index contributed by atoms with van der Waals surface area (Å²) in [5.74, 6) is -0.0208. The molecule has 1 aromatic rings. The lowest BCUT2D eigenvalue weighted by Crippen LogP contribution is -3.16. The Morgan fingerprint density at radius 3 is 2.54 bits per heavy atom. The lowest BCUT2D eigenvalue weighted by atomic mass is 10.2. The molecule has 1 fully saturated rings. The van der Waals surface area contributed by atoms with Crippen molar-refractivity contribution in [2.24, 2.45) is 0 Å². The largest absolute Gasteiger partial charge is 0.419 e. The number of halogens is 4. The molecule has 2 amide bonds. The van der Waals surface area contributed by atoms with Gasteiger partial charge in [-0.1, -0.05) is 11.6 Å². The molecule has 156 valence electrons. The van der Waals surface area contributed by atoms with Crippen LogP contribution in [0, 0.1) is 0 Å². The molecular weight excluding hydrogens is 399 g/mol. The molecule has 0 bridgehead atoms.